The van der Waals surface area contributed by atoms with Crippen molar-refractivity contribution in [1.29, 1.82) is 0 Å². The van der Waals surface area contributed by atoms with Gasteiger partial charge < -0.3 is 4.74 Å². The Hall–Kier alpha value is -1.12. The zero-order chi connectivity index (χ0) is 8.15. The lowest BCUT2D eigenvalue weighted by Gasteiger charge is -2.00. The molecule has 0 N–H and O–H groups in total. The molecule has 0 aliphatic carbocycles. The molecule has 0 amide bonds. The number of carbonyl (C=O) groups is 2. The highest BCUT2D eigenvalue weighted by Gasteiger charge is 1.98. The normalized spacial score (nSPS) is 11.9. The molecule has 0 radical (unpaired) electrons. The van der Waals surface area contributed by atoms with E-state index in [1.165, 1.54) is 6.92 Å². The Kier molecular flexibility index (Phi) is 3.39. The second-order valence-electron chi connectivity index (χ2n) is 1.95. The van der Waals surface area contributed by atoms with Crippen LogP contribution >= 0.6 is 0 Å². The van der Waals surface area contributed by atoms with E-state index >= 15 is 0 Å². The third-order valence-corrected chi connectivity index (χ3v) is 1.03. The van der Waals surface area contributed by atoms with Gasteiger partial charge in [-0.15, -0.1) is 0 Å². The first-order chi connectivity index (χ1) is 4.57. The topological polar surface area (TPSA) is 43.4 Å². The third-order valence-electron chi connectivity index (χ3n) is 1.03. The van der Waals surface area contributed by atoms with E-state index in [0.717, 1.165) is 0 Å². The largest absolute Gasteiger partial charge is 0.431 e. The molecule has 0 aliphatic heterocycles. The maximum Gasteiger partial charge on any atom is 0.307 e. The van der Waals surface area contributed by atoms with Gasteiger partial charge >= 0.3 is 5.97 Å². The molecule has 0 aromatic heterocycles. The van der Waals surface area contributed by atoms with E-state index in [1.807, 2.05) is 0 Å². The van der Waals surface area contributed by atoms with E-state index in [1.54, 1.807) is 13.8 Å². The average molecular weight is 142 g/mol. The van der Waals surface area contributed by atoms with Gasteiger partial charge in [-0.2, -0.15) is 0 Å². The summed E-state index contributed by atoms with van der Waals surface area (Å²) in [7, 11) is 0. The van der Waals surface area contributed by atoms with E-state index in [4.69, 9.17) is 0 Å². The first kappa shape index (κ1) is 8.88. The highest BCUT2D eigenvalue weighted by molar-refractivity contribution is 5.74. The second-order valence-corrected chi connectivity index (χ2v) is 1.95. The van der Waals surface area contributed by atoms with Crippen LogP contribution in [0.3, 0.4) is 0 Å². The predicted molar refractivity (Wildman–Crippen MR) is 36.2 cm³/mol. The third kappa shape index (κ3) is 3.02. The monoisotopic (exact) mass is 142 g/mol. The summed E-state index contributed by atoms with van der Waals surface area (Å²) in [4.78, 5) is 20.4. The quantitative estimate of drug-likeness (QED) is 0.250. The number of ether oxygens (including phenoxy) is 1. The number of allylic oxidation sites excluding steroid dienone is 2. The molecule has 0 bridgehead atoms. The van der Waals surface area contributed by atoms with Crippen LogP contribution in [0.2, 0.25) is 0 Å². The number of esters is 1. The summed E-state index contributed by atoms with van der Waals surface area (Å²) in [6.45, 7) is 4.46. The lowest BCUT2D eigenvalue weighted by atomic mass is 10.3. The van der Waals surface area contributed by atoms with E-state index < -0.39 is 5.97 Å². The van der Waals surface area contributed by atoms with Crippen molar-refractivity contribution >= 4 is 12.3 Å². The first-order valence-corrected chi connectivity index (χ1v) is 2.89. The van der Waals surface area contributed by atoms with Crippen LogP contribution in [0.1, 0.15) is 20.8 Å². The molecule has 0 aromatic carbocycles. The minimum Gasteiger partial charge on any atom is -0.431 e. The van der Waals surface area contributed by atoms with Gasteiger partial charge in [0.25, 0.3) is 0 Å². The molecule has 0 aliphatic rings. The van der Waals surface area contributed by atoms with Gasteiger partial charge in [0.15, 0.2) is 0 Å². The van der Waals surface area contributed by atoms with Gasteiger partial charge in [-0.25, -0.2) is 0 Å². The van der Waals surface area contributed by atoms with Crippen LogP contribution in [0, 0.1) is 0 Å². The van der Waals surface area contributed by atoms with Crippen molar-refractivity contribution in [3.05, 3.63) is 11.3 Å². The maximum absolute atomic E-state index is 10.3. The molecule has 10 heavy (non-hydrogen) atoms. The minimum absolute atomic E-state index is 0.363. The zero-order valence-electron chi connectivity index (χ0n) is 6.30. The van der Waals surface area contributed by atoms with Crippen LogP contribution in [0.25, 0.3) is 0 Å². The summed E-state index contributed by atoms with van der Waals surface area (Å²) < 4.78 is 4.61. The van der Waals surface area contributed by atoms with Gasteiger partial charge in [0.05, 0.1) is 0 Å². The summed E-state index contributed by atoms with van der Waals surface area (Å²) in [6, 6.07) is 0. The summed E-state index contributed by atoms with van der Waals surface area (Å²) in [6.07, 6.45) is 0.651. The standard InChI is InChI=1S/C7H10O3/c1-5(4-8)6(2)10-7(3)9/h4H,1-3H3. The van der Waals surface area contributed by atoms with Crippen LogP contribution in [-0.4, -0.2) is 12.3 Å². The van der Waals surface area contributed by atoms with Crippen molar-refractivity contribution in [2.45, 2.75) is 20.8 Å². The maximum atomic E-state index is 10.3. The van der Waals surface area contributed by atoms with Crippen LogP contribution in [0.4, 0.5) is 0 Å². The fraction of sp³-hybridized carbons (Fsp3) is 0.429. The molecule has 0 rings (SSSR count). The van der Waals surface area contributed by atoms with Crippen molar-refractivity contribution in [2.75, 3.05) is 0 Å². The Morgan fingerprint density at radius 3 is 2.10 bits per heavy atom. The molecule has 0 aromatic rings. The molecule has 0 saturated carbocycles. The highest BCUT2D eigenvalue weighted by Crippen LogP contribution is 2.01. The van der Waals surface area contributed by atoms with Crippen molar-refractivity contribution in [3.8, 4) is 0 Å². The summed E-state index contributed by atoms with van der Waals surface area (Å²) >= 11 is 0. The summed E-state index contributed by atoms with van der Waals surface area (Å²) in [5.74, 6) is -0.0406. The number of hydrogen-bond donors (Lipinski definition) is 0. The fourth-order valence-corrected chi connectivity index (χ4v) is 0.379. The molecular formula is C7H10O3. The molecule has 0 unspecified atom stereocenters. The van der Waals surface area contributed by atoms with Crippen LogP contribution in [0.15, 0.2) is 11.3 Å². The molecular weight excluding hydrogens is 132 g/mol. The molecule has 0 atom stereocenters. The lowest BCUT2D eigenvalue weighted by Crippen LogP contribution is -1.98. The average Bonchev–Trinajstić information content (AvgIpc) is 1.85. The Bertz CT molecular complexity index is 179. The lowest BCUT2D eigenvalue weighted by molar-refractivity contribution is -0.136. The predicted octanol–water partition coefficient (Wildman–Crippen LogP) is 1.04. The number of carbonyl (C=O) groups excluding carboxylic acids is 2. The molecule has 56 valence electrons. The molecule has 3 nitrogen and oxygen atoms in total. The van der Waals surface area contributed by atoms with Crippen LogP contribution in [0.5, 0.6) is 0 Å². The SMILES string of the molecule is CC(=O)OC(C)=C(C)C=O. The first-order valence-electron chi connectivity index (χ1n) is 2.89. The Balaban J connectivity index is 4.18. The smallest absolute Gasteiger partial charge is 0.307 e. The molecule has 0 spiro atoms. The zero-order valence-corrected chi connectivity index (χ0v) is 6.30. The van der Waals surface area contributed by atoms with Crippen molar-refractivity contribution in [3.63, 3.8) is 0 Å². The van der Waals surface area contributed by atoms with E-state index in [0.29, 0.717) is 17.6 Å². The van der Waals surface area contributed by atoms with Crippen molar-refractivity contribution in [2.24, 2.45) is 0 Å². The highest BCUT2D eigenvalue weighted by atomic mass is 16.5. The van der Waals surface area contributed by atoms with E-state index in [-0.39, 0.29) is 0 Å². The van der Waals surface area contributed by atoms with E-state index in [9.17, 15) is 9.59 Å². The minimum atomic E-state index is -0.404. The van der Waals surface area contributed by atoms with Crippen molar-refractivity contribution < 1.29 is 14.3 Å². The second kappa shape index (κ2) is 3.82. The Morgan fingerprint density at radius 2 is 1.80 bits per heavy atom. The van der Waals surface area contributed by atoms with Crippen LogP contribution < -0.4 is 0 Å². The molecule has 0 heterocycles. The van der Waals surface area contributed by atoms with Gasteiger partial charge in [0.1, 0.15) is 12.0 Å². The number of aldehydes is 1. The van der Waals surface area contributed by atoms with Crippen LogP contribution in [-0.2, 0) is 14.3 Å². The van der Waals surface area contributed by atoms with E-state index in [2.05, 4.69) is 4.74 Å². The summed E-state index contributed by atoms with van der Waals surface area (Å²) in [5.41, 5.74) is 0.440. The fourth-order valence-electron chi connectivity index (χ4n) is 0.379. The molecule has 0 saturated heterocycles. The van der Waals surface area contributed by atoms with Gasteiger partial charge in [-0.1, -0.05) is 0 Å². The molecule has 0 fully saturated rings. The number of hydrogen-bond acceptors (Lipinski definition) is 3. The van der Waals surface area contributed by atoms with Crippen molar-refractivity contribution in [1.82, 2.24) is 0 Å². The van der Waals surface area contributed by atoms with Gasteiger partial charge in [-0.3, -0.25) is 9.59 Å². The Morgan fingerprint density at radius 1 is 1.30 bits per heavy atom. The number of rotatable bonds is 2. The van der Waals surface area contributed by atoms with Gasteiger partial charge in [-0.05, 0) is 13.8 Å². The Labute approximate surface area is 59.7 Å². The summed E-state index contributed by atoms with van der Waals surface area (Å²) in [5, 5.41) is 0. The molecule has 3 heteroatoms. The van der Waals surface area contributed by atoms with Gasteiger partial charge in [0.2, 0.25) is 0 Å². The van der Waals surface area contributed by atoms with Gasteiger partial charge in [0, 0.05) is 12.5 Å².